The van der Waals surface area contributed by atoms with Crippen molar-refractivity contribution in [3.63, 3.8) is 0 Å². The Bertz CT molecular complexity index is 575. The third-order valence-electron chi connectivity index (χ3n) is 2.84. The van der Waals surface area contributed by atoms with Gasteiger partial charge in [-0.05, 0) is 19.4 Å². The molecule has 6 nitrogen and oxygen atoms in total. The fourth-order valence-corrected chi connectivity index (χ4v) is 4.48. The normalized spacial score (nSPS) is 25.4. The molecule has 1 aromatic heterocycles. The first-order chi connectivity index (χ1) is 8.22. The lowest BCUT2D eigenvalue weighted by Gasteiger charge is -2.18. The van der Waals surface area contributed by atoms with Gasteiger partial charge in [-0.3, -0.25) is 0 Å². The lowest BCUT2D eigenvalue weighted by molar-refractivity contribution is 0.0701. The molecule has 100 valence electrons. The van der Waals surface area contributed by atoms with Gasteiger partial charge in [-0.15, -0.1) is 11.3 Å². The van der Waals surface area contributed by atoms with Gasteiger partial charge in [0.25, 0.3) is 0 Å². The van der Waals surface area contributed by atoms with Gasteiger partial charge >= 0.3 is 5.97 Å². The van der Waals surface area contributed by atoms with Crippen molar-refractivity contribution in [2.75, 3.05) is 13.1 Å². The molecular formula is C10H13NO5S2. The Morgan fingerprint density at radius 2 is 2.22 bits per heavy atom. The molecule has 1 aromatic rings. The van der Waals surface area contributed by atoms with Gasteiger partial charge in [0, 0.05) is 18.5 Å². The molecule has 0 saturated carbocycles. The molecule has 0 aromatic carbocycles. The average Bonchev–Trinajstić information content (AvgIpc) is 2.84. The van der Waals surface area contributed by atoms with Gasteiger partial charge in [-0.25, -0.2) is 13.2 Å². The van der Waals surface area contributed by atoms with Crippen LogP contribution in [0.1, 0.15) is 23.0 Å². The van der Waals surface area contributed by atoms with E-state index in [0.29, 0.717) is 6.42 Å². The Labute approximate surface area is 109 Å². The van der Waals surface area contributed by atoms with Crippen LogP contribution in [0.4, 0.5) is 0 Å². The molecule has 1 unspecified atom stereocenters. The van der Waals surface area contributed by atoms with E-state index < -0.39 is 21.6 Å². The molecule has 0 radical (unpaired) electrons. The van der Waals surface area contributed by atoms with Crippen LogP contribution in [0.15, 0.2) is 16.3 Å². The minimum Gasteiger partial charge on any atom is -0.477 e. The molecule has 1 aliphatic rings. The highest BCUT2D eigenvalue weighted by atomic mass is 32.2. The fourth-order valence-electron chi connectivity index (χ4n) is 1.82. The van der Waals surface area contributed by atoms with Crippen molar-refractivity contribution in [3.05, 3.63) is 16.3 Å². The van der Waals surface area contributed by atoms with E-state index in [9.17, 15) is 18.3 Å². The first kappa shape index (κ1) is 13.5. The fraction of sp³-hybridized carbons (Fsp3) is 0.500. The lowest BCUT2D eigenvalue weighted by Crippen LogP contribution is -2.33. The average molecular weight is 291 g/mol. The van der Waals surface area contributed by atoms with Crippen molar-refractivity contribution in [2.24, 2.45) is 0 Å². The summed E-state index contributed by atoms with van der Waals surface area (Å²) >= 11 is 0.875. The zero-order valence-electron chi connectivity index (χ0n) is 9.66. The molecule has 2 rings (SSSR count). The van der Waals surface area contributed by atoms with Crippen molar-refractivity contribution in [1.29, 1.82) is 0 Å². The van der Waals surface area contributed by atoms with E-state index in [1.54, 1.807) is 6.92 Å². The summed E-state index contributed by atoms with van der Waals surface area (Å²) in [5.74, 6) is -1.14. The largest absolute Gasteiger partial charge is 0.477 e. The van der Waals surface area contributed by atoms with Gasteiger partial charge in [0.15, 0.2) is 0 Å². The van der Waals surface area contributed by atoms with Crippen molar-refractivity contribution < 1.29 is 23.4 Å². The summed E-state index contributed by atoms with van der Waals surface area (Å²) < 4.78 is 25.6. The van der Waals surface area contributed by atoms with Crippen LogP contribution in [0, 0.1) is 0 Å². The number of aliphatic hydroxyl groups is 1. The molecule has 18 heavy (non-hydrogen) atoms. The van der Waals surface area contributed by atoms with Crippen LogP contribution in [0.25, 0.3) is 0 Å². The lowest BCUT2D eigenvalue weighted by atomic mass is 10.1. The van der Waals surface area contributed by atoms with Crippen LogP contribution >= 0.6 is 11.3 Å². The minimum absolute atomic E-state index is 0.0143. The number of sulfonamides is 1. The van der Waals surface area contributed by atoms with Crippen molar-refractivity contribution in [3.8, 4) is 0 Å². The number of carboxylic acid groups (broad SMARTS) is 1. The molecule has 1 fully saturated rings. The number of hydrogen-bond acceptors (Lipinski definition) is 5. The molecule has 1 saturated heterocycles. The van der Waals surface area contributed by atoms with Crippen molar-refractivity contribution >= 4 is 27.3 Å². The van der Waals surface area contributed by atoms with Gasteiger partial charge in [0.05, 0.1) is 10.5 Å². The van der Waals surface area contributed by atoms with Gasteiger partial charge < -0.3 is 10.2 Å². The second-order valence-corrected chi connectivity index (χ2v) is 7.39. The standard InChI is InChI=1S/C10H13NO5S2/c1-10(14)2-3-11(6-10)18(15,16)7-4-8(9(12)13)17-5-7/h4-5,14H,2-3,6H2,1H3,(H,12,13). The molecule has 1 atom stereocenters. The van der Waals surface area contributed by atoms with E-state index in [0.717, 1.165) is 17.4 Å². The smallest absolute Gasteiger partial charge is 0.345 e. The molecular weight excluding hydrogens is 278 g/mol. The Morgan fingerprint density at radius 3 is 2.67 bits per heavy atom. The highest BCUT2D eigenvalue weighted by molar-refractivity contribution is 7.89. The Hall–Kier alpha value is -0.960. The van der Waals surface area contributed by atoms with E-state index in [1.165, 1.54) is 9.69 Å². The zero-order chi connectivity index (χ0) is 13.6. The van der Waals surface area contributed by atoms with Crippen LogP contribution in [-0.4, -0.2) is 47.6 Å². The van der Waals surface area contributed by atoms with Gasteiger partial charge in [-0.1, -0.05) is 0 Å². The number of aromatic carboxylic acids is 1. The summed E-state index contributed by atoms with van der Waals surface area (Å²) in [6.07, 6.45) is 0.377. The van der Waals surface area contributed by atoms with E-state index in [2.05, 4.69) is 0 Å². The van der Waals surface area contributed by atoms with E-state index >= 15 is 0 Å². The van der Waals surface area contributed by atoms with Crippen molar-refractivity contribution in [1.82, 2.24) is 4.31 Å². The summed E-state index contributed by atoms with van der Waals surface area (Å²) in [4.78, 5) is 10.7. The van der Waals surface area contributed by atoms with E-state index in [4.69, 9.17) is 5.11 Å². The maximum absolute atomic E-state index is 12.2. The predicted molar refractivity (Wildman–Crippen MR) is 65.3 cm³/mol. The summed E-state index contributed by atoms with van der Waals surface area (Å²) in [5, 5.41) is 19.9. The Balaban J connectivity index is 2.28. The summed E-state index contributed by atoms with van der Waals surface area (Å²) in [5.41, 5.74) is -1.02. The Morgan fingerprint density at radius 1 is 1.56 bits per heavy atom. The topological polar surface area (TPSA) is 94.9 Å². The Kier molecular flexibility index (Phi) is 3.22. The molecule has 0 aliphatic carbocycles. The second-order valence-electron chi connectivity index (χ2n) is 4.54. The molecule has 2 heterocycles. The molecule has 0 amide bonds. The molecule has 8 heteroatoms. The molecule has 0 bridgehead atoms. The number of nitrogens with zero attached hydrogens (tertiary/aromatic N) is 1. The number of thiophene rings is 1. The third-order valence-corrected chi connectivity index (χ3v) is 5.73. The van der Waals surface area contributed by atoms with Crippen LogP contribution in [-0.2, 0) is 10.0 Å². The number of rotatable bonds is 3. The van der Waals surface area contributed by atoms with Crippen LogP contribution in [0.2, 0.25) is 0 Å². The van der Waals surface area contributed by atoms with Crippen LogP contribution in [0.5, 0.6) is 0 Å². The van der Waals surface area contributed by atoms with Gasteiger partial charge in [0.2, 0.25) is 10.0 Å². The quantitative estimate of drug-likeness (QED) is 0.850. The third kappa shape index (κ3) is 2.41. The molecule has 1 aliphatic heterocycles. The van der Waals surface area contributed by atoms with Crippen molar-refractivity contribution in [2.45, 2.75) is 23.8 Å². The maximum atomic E-state index is 12.2. The number of hydrogen-bond donors (Lipinski definition) is 2. The van der Waals surface area contributed by atoms with Crippen LogP contribution in [0.3, 0.4) is 0 Å². The SMILES string of the molecule is CC1(O)CCN(S(=O)(=O)c2csc(C(=O)O)c2)C1. The van der Waals surface area contributed by atoms with E-state index in [-0.39, 0.29) is 22.9 Å². The monoisotopic (exact) mass is 291 g/mol. The highest BCUT2D eigenvalue weighted by Crippen LogP contribution is 2.29. The first-order valence-corrected chi connectivity index (χ1v) is 7.59. The van der Waals surface area contributed by atoms with Gasteiger partial charge in [0.1, 0.15) is 4.88 Å². The molecule has 2 N–H and O–H groups in total. The number of carboxylic acids is 1. The first-order valence-electron chi connectivity index (χ1n) is 5.27. The zero-order valence-corrected chi connectivity index (χ0v) is 11.3. The van der Waals surface area contributed by atoms with E-state index in [1.807, 2.05) is 0 Å². The highest BCUT2D eigenvalue weighted by Gasteiger charge is 2.38. The minimum atomic E-state index is -3.70. The number of β-amino-alcohol motifs (C(OH)–C–C–N with tert-alkyl or cyclic N) is 1. The summed E-state index contributed by atoms with van der Waals surface area (Å²) in [7, 11) is -3.70. The summed E-state index contributed by atoms with van der Waals surface area (Å²) in [6, 6.07) is 1.15. The van der Waals surface area contributed by atoms with Crippen LogP contribution < -0.4 is 0 Å². The predicted octanol–water partition coefficient (Wildman–Crippen LogP) is 0.592. The number of carbonyl (C=O) groups is 1. The molecule has 0 spiro atoms. The second kappa shape index (κ2) is 4.30. The maximum Gasteiger partial charge on any atom is 0.345 e. The van der Waals surface area contributed by atoms with Gasteiger partial charge in [-0.2, -0.15) is 4.31 Å². The summed E-state index contributed by atoms with van der Waals surface area (Å²) in [6.45, 7) is 1.86.